The number of nitrogens with zero attached hydrogens (tertiary/aromatic N) is 1. The fraction of sp³-hybridized carbons (Fsp3) is 0.250. The molecule has 0 spiro atoms. The molecule has 1 aromatic rings. The second kappa shape index (κ2) is 6.25. The van der Waals surface area contributed by atoms with E-state index in [9.17, 15) is 14.9 Å². The number of carbonyl (C=O) groups excluding carboxylic acids is 1. The first-order valence-corrected chi connectivity index (χ1v) is 5.24. The van der Waals surface area contributed by atoms with E-state index < -0.39 is 4.92 Å². The highest BCUT2D eigenvalue weighted by Crippen LogP contribution is 2.25. The highest BCUT2D eigenvalue weighted by Gasteiger charge is 2.15. The van der Waals surface area contributed by atoms with Crippen LogP contribution in [0.15, 0.2) is 18.2 Å². The summed E-state index contributed by atoms with van der Waals surface area (Å²) in [6, 6.07) is 4.15. The molecule has 0 saturated carbocycles. The van der Waals surface area contributed by atoms with Crippen LogP contribution in [0.1, 0.15) is 17.3 Å². The molecule has 94 valence electrons. The van der Waals surface area contributed by atoms with Crippen molar-refractivity contribution in [2.75, 3.05) is 18.9 Å². The van der Waals surface area contributed by atoms with E-state index in [-0.39, 0.29) is 23.8 Å². The molecule has 6 heteroatoms. The van der Waals surface area contributed by atoms with Crippen molar-refractivity contribution in [3.63, 3.8) is 0 Å². The van der Waals surface area contributed by atoms with Crippen molar-refractivity contribution in [1.82, 2.24) is 5.32 Å². The van der Waals surface area contributed by atoms with Crippen molar-refractivity contribution in [3.05, 3.63) is 33.9 Å². The molecule has 0 heterocycles. The Kier molecular flexibility index (Phi) is 4.69. The summed E-state index contributed by atoms with van der Waals surface area (Å²) in [4.78, 5) is 21.8. The van der Waals surface area contributed by atoms with Gasteiger partial charge in [0.2, 0.25) is 0 Å². The Morgan fingerprint density at radius 1 is 1.50 bits per heavy atom. The van der Waals surface area contributed by atoms with E-state index >= 15 is 0 Å². The SMILES string of the molecule is CC#CCNc1cc(C(=O)NC)ccc1[N+](=O)[O-]. The highest BCUT2D eigenvalue weighted by atomic mass is 16.6. The predicted molar refractivity (Wildman–Crippen MR) is 68.4 cm³/mol. The Hall–Kier alpha value is -2.55. The molecular formula is C12H13N3O3. The van der Waals surface area contributed by atoms with Gasteiger partial charge in [-0.2, -0.15) is 0 Å². The summed E-state index contributed by atoms with van der Waals surface area (Å²) >= 11 is 0. The minimum atomic E-state index is -0.505. The number of amides is 1. The maximum atomic E-state index is 11.4. The van der Waals surface area contributed by atoms with Gasteiger partial charge in [0, 0.05) is 18.7 Å². The first kappa shape index (κ1) is 13.5. The van der Waals surface area contributed by atoms with E-state index in [2.05, 4.69) is 22.5 Å². The van der Waals surface area contributed by atoms with E-state index in [1.165, 1.54) is 25.2 Å². The molecule has 0 atom stereocenters. The average molecular weight is 247 g/mol. The minimum absolute atomic E-state index is 0.0828. The van der Waals surface area contributed by atoms with Crippen molar-refractivity contribution >= 4 is 17.3 Å². The molecule has 0 aliphatic rings. The van der Waals surface area contributed by atoms with Crippen LogP contribution < -0.4 is 10.6 Å². The normalized spacial score (nSPS) is 9.00. The molecule has 0 saturated heterocycles. The number of nitro groups is 1. The lowest BCUT2D eigenvalue weighted by molar-refractivity contribution is -0.384. The topological polar surface area (TPSA) is 84.3 Å². The molecule has 1 rings (SSSR count). The summed E-state index contributed by atoms with van der Waals surface area (Å²) in [5.74, 6) is 5.12. The molecule has 0 radical (unpaired) electrons. The number of rotatable bonds is 4. The number of benzene rings is 1. The summed E-state index contributed by atoms with van der Waals surface area (Å²) in [5, 5.41) is 16.1. The van der Waals surface area contributed by atoms with E-state index in [1.807, 2.05) is 0 Å². The first-order valence-electron chi connectivity index (χ1n) is 5.24. The maximum Gasteiger partial charge on any atom is 0.292 e. The van der Waals surface area contributed by atoms with E-state index in [0.29, 0.717) is 5.56 Å². The second-order valence-electron chi connectivity index (χ2n) is 3.35. The third kappa shape index (κ3) is 3.22. The molecule has 18 heavy (non-hydrogen) atoms. The first-order chi connectivity index (χ1) is 8.60. The Balaban J connectivity index is 3.09. The largest absolute Gasteiger partial charge is 0.369 e. The standard InChI is InChI=1S/C12H13N3O3/c1-3-4-7-14-10-8-9(12(16)13-2)5-6-11(10)15(17)18/h5-6,8,14H,7H2,1-2H3,(H,13,16). The number of anilines is 1. The number of hydrogen-bond donors (Lipinski definition) is 2. The molecule has 1 amide bonds. The molecule has 0 bridgehead atoms. The van der Waals surface area contributed by atoms with Gasteiger partial charge in [0.1, 0.15) is 5.69 Å². The Bertz CT molecular complexity index is 529. The third-order valence-corrected chi connectivity index (χ3v) is 2.23. The molecular weight excluding hydrogens is 234 g/mol. The lowest BCUT2D eigenvalue weighted by atomic mass is 10.1. The molecule has 0 aliphatic heterocycles. The summed E-state index contributed by atoms with van der Waals surface area (Å²) in [6.07, 6.45) is 0. The molecule has 1 aromatic carbocycles. The molecule has 0 unspecified atom stereocenters. The zero-order valence-electron chi connectivity index (χ0n) is 10.1. The number of nitrogens with one attached hydrogen (secondary N) is 2. The van der Waals surface area contributed by atoms with E-state index in [1.54, 1.807) is 6.92 Å². The van der Waals surface area contributed by atoms with Crippen LogP contribution in [0, 0.1) is 22.0 Å². The van der Waals surface area contributed by atoms with Crippen molar-refractivity contribution in [2.45, 2.75) is 6.92 Å². The van der Waals surface area contributed by atoms with Gasteiger partial charge in [-0.05, 0) is 19.1 Å². The van der Waals surface area contributed by atoms with Gasteiger partial charge >= 0.3 is 0 Å². The van der Waals surface area contributed by atoms with Crippen LogP contribution in [0.5, 0.6) is 0 Å². The molecule has 0 aromatic heterocycles. The minimum Gasteiger partial charge on any atom is -0.369 e. The Morgan fingerprint density at radius 2 is 2.22 bits per heavy atom. The molecule has 0 fully saturated rings. The van der Waals surface area contributed by atoms with Crippen LogP contribution >= 0.6 is 0 Å². The van der Waals surface area contributed by atoms with Crippen LogP contribution in [0.3, 0.4) is 0 Å². The lowest BCUT2D eigenvalue weighted by Gasteiger charge is -2.06. The maximum absolute atomic E-state index is 11.4. The van der Waals surface area contributed by atoms with Gasteiger partial charge in [-0.3, -0.25) is 14.9 Å². The number of hydrogen-bond acceptors (Lipinski definition) is 4. The smallest absolute Gasteiger partial charge is 0.292 e. The van der Waals surface area contributed by atoms with Crippen molar-refractivity contribution < 1.29 is 9.72 Å². The highest BCUT2D eigenvalue weighted by molar-refractivity contribution is 5.95. The van der Waals surface area contributed by atoms with Gasteiger partial charge < -0.3 is 10.6 Å². The van der Waals surface area contributed by atoms with Gasteiger partial charge in [0.05, 0.1) is 11.5 Å². The van der Waals surface area contributed by atoms with Gasteiger partial charge in [0.15, 0.2) is 0 Å². The fourth-order valence-corrected chi connectivity index (χ4v) is 1.35. The van der Waals surface area contributed by atoms with E-state index in [4.69, 9.17) is 0 Å². The molecule has 2 N–H and O–H groups in total. The van der Waals surface area contributed by atoms with Gasteiger partial charge in [-0.15, -0.1) is 5.92 Å². The van der Waals surface area contributed by atoms with Gasteiger partial charge in [-0.25, -0.2) is 0 Å². The second-order valence-corrected chi connectivity index (χ2v) is 3.35. The number of nitro benzene ring substituents is 1. The summed E-state index contributed by atoms with van der Waals surface area (Å²) in [5.41, 5.74) is 0.555. The summed E-state index contributed by atoms with van der Waals surface area (Å²) < 4.78 is 0. The Morgan fingerprint density at radius 3 is 2.78 bits per heavy atom. The van der Waals surface area contributed by atoms with Crippen LogP contribution in [-0.4, -0.2) is 24.4 Å². The quantitative estimate of drug-likeness (QED) is 0.478. The Labute approximate surface area is 105 Å². The van der Waals surface area contributed by atoms with Gasteiger partial charge in [-0.1, -0.05) is 5.92 Å². The van der Waals surface area contributed by atoms with Crippen LogP contribution in [0.25, 0.3) is 0 Å². The third-order valence-electron chi connectivity index (χ3n) is 2.23. The van der Waals surface area contributed by atoms with Crippen molar-refractivity contribution in [3.8, 4) is 11.8 Å². The van der Waals surface area contributed by atoms with Crippen molar-refractivity contribution in [2.24, 2.45) is 0 Å². The monoisotopic (exact) mass is 247 g/mol. The molecule has 6 nitrogen and oxygen atoms in total. The number of carbonyl (C=O) groups is 1. The predicted octanol–water partition coefficient (Wildman–Crippen LogP) is 1.39. The summed E-state index contributed by atoms with van der Waals surface area (Å²) in [7, 11) is 1.50. The summed E-state index contributed by atoms with van der Waals surface area (Å²) in [6.45, 7) is 1.96. The van der Waals surface area contributed by atoms with Crippen LogP contribution in [0.2, 0.25) is 0 Å². The lowest BCUT2D eigenvalue weighted by Crippen LogP contribution is -2.18. The zero-order valence-corrected chi connectivity index (χ0v) is 10.1. The van der Waals surface area contributed by atoms with E-state index in [0.717, 1.165) is 0 Å². The van der Waals surface area contributed by atoms with Crippen LogP contribution in [0.4, 0.5) is 11.4 Å². The fourth-order valence-electron chi connectivity index (χ4n) is 1.35. The molecule has 0 aliphatic carbocycles. The van der Waals surface area contributed by atoms with Gasteiger partial charge in [0.25, 0.3) is 11.6 Å². The average Bonchev–Trinajstić information content (AvgIpc) is 2.37. The van der Waals surface area contributed by atoms with Crippen molar-refractivity contribution in [1.29, 1.82) is 0 Å². The van der Waals surface area contributed by atoms with Crippen LogP contribution in [-0.2, 0) is 0 Å². The zero-order chi connectivity index (χ0) is 13.5.